The first-order valence-electron chi connectivity index (χ1n) is 10.1. The highest BCUT2D eigenvalue weighted by atomic mass is 16.7. The molecule has 0 radical (unpaired) electrons. The van der Waals surface area contributed by atoms with Crippen LogP contribution in [0, 0.1) is 17.8 Å². The lowest BCUT2D eigenvalue weighted by atomic mass is 9.53. The molecule has 4 bridgehead atoms. The van der Waals surface area contributed by atoms with Crippen LogP contribution in [0.3, 0.4) is 0 Å². The van der Waals surface area contributed by atoms with Crippen molar-refractivity contribution in [1.29, 1.82) is 0 Å². The summed E-state index contributed by atoms with van der Waals surface area (Å²) in [6.07, 6.45) is 8.58. The van der Waals surface area contributed by atoms with Crippen molar-refractivity contribution in [2.75, 3.05) is 13.9 Å². The maximum Gasteiger partial charge on any atom is 0.414 e. The number of rotatable bonds is 4. The van der Waals surface area contributed by atoms with E-state index < -0.39 is 11.9 Å². The molecule has 4 saturated carbocycles. The fourth-order valence-electron chi connectivity index (χ4n) is 5.90. The molecule has 1 aliphatic heterocycles. The Labute approximate surface area is 169 Å². The van der Waals surface area contributed by atoms with E-state index >= 15 is 0 Å². The third kappa shape index (κ3) is 4.12. The summed E-state index contributed by atoms with van der Waals surface area (Å²) in [6.45, 7) is 1.18. The molecule has 0 aromatic heterocycles. The fraction of sp³-hybridized carbons (Fsp3) is 0.619. The first-order valence-corrected chi connectivity index (χ1v) is 10.1. The maximum absolute atomic E-state index is 9.10. The molecule has 5 aliphatic rings. The van der Waals surface area contributed by atoms with E-state index in [-0.39, 0.29) is 6.79 Å². The molecule has 3 N–H and O–H groups in total. The number of hydrogen-bond acceptors (Lipinski definition) is 6. The van der Waals surface area contributed by atoms with Gasteiger partial charge in [-0.05, 0) is 74.0 Å². The van der Waals surface area contributed by atoms with Crippen LogP contribution in [0.1, 0.15) is 44.1 Å². The van der Waals surface area contributed by atoms with Crippen molar-refractivity contribution in [3.8, 4) is 17.2 Å². The van der Waals surface area contributed by atoms with Gasteiger partial charge in [-0.3, -0.25) is 0 Å². The molecule has 0 amide bonds. The van der Waals surface area contributed by atoms with E-state index in [2.05, 4.69) is 17.4 Å². The van der Waals surface area contributed by atoms with Crippen LogP contribution in [0.5, 0.6) is 17.2 Å². The number of aliphatic carboxylic acids is 2. The zero-order valence-corrected chi connectivity index (χ0v) is 16.5. The molecule has 4 aliphatic carbocycles. The predicted octanol–water partition coefficient (Wildman–Crippen LogP) is 2.64. The van der Waals surface area contributed by atoms with Crippen LogP contribution in [0.4, 0.5) is 0 Å². The van der Waals surface area contributed by atoms with Crippen LogP contribution in [0.15, 0.2) is 12.1 Å². The molecule has 0 atom stereocenters. The van der Waals surface area contributed by atoms with Crippen molar-refractivity contribution in [3.63, 3.8) is 0 Å². The van der Waals surface area contributed by atoms with E-state index in [0.29, 0.717) is 5.54 Å². The number of fused-ring (bicyclic) bond motifs is 1. The van der Waals surface area contributed by atoms with Crippen LogP contribution < -0.4 is 19.5 Å². The van der Waals surface area contributed by atoms with Gasteiger partial charge >= 0.3 is 11.9 Å². The summed E-state index contributed by atoms with van der Waals surface area (Å²) in [4.78, 5) is 18.2. The Hall–Kier alpha value is -2.48. The summed E-state index contributed by atoms with van der Waals surface area (Å²) in [6, 6.07) is 4.18. The minimum Gasteiger partial charge on any atom is -0.493 e. The first kappa shape index (κ1) is 19.8. The molecule has 1 aromatic carbocycles. The molecule has 0 saturated heterocycles. The summed E-state index contributed by atoms with van der Waals surface area (Å²) in [5, 5.41) is 18.7. The van der Waals surface area contributed by atoms with Crippen molar-refractivity contribution in [2.24, 2.45) is 17.8 Å². The van der Waals surface area contributed by atoms with Crippen molar-refractivity contribution < 1.29 is 34.0 Å². The van der Waals surface area contributed by atoms with Crippen molar-refractivity contribution >= 4 is 11.9 Å². The van der Waals surface area contributed by atoms with Crippen molar-refractivity contribution in [3.05, 3.63) is 17.7 Å². The van der Waals surface area contributed by atoms with Gasteiger partial charge in [-0.1, -0.05) is 0 Å². The van der Waals surface area contributed by atoms with Crippen LogP contribution in [-0.2, 0) is 16.1 Å². The molecule has 29 heavy (non-hydrogen) atoms. The zero-order valence-electron chi connectivity index (χ0n) is 16.5. The van der Waals surface area contributed by atoms with Gasteiger partial charge in [0.15, 0.2) is 11.5 Å². The molecule has 1 aromatic rings. The summed E-state index contributed by atoms with van der Waals surface area (Å²) in [7, 11) is 1.69. The van der Waals surface area contributed by atoms with Crippen LogP contribution in [-0.4, -0.2) is 41.6 Å². The van der Waals surface area contributed by atoms with E-state index in [9.17, 15) is 0 Å². The van der Waals surface area contributed by atoms with Crippen LogP contribution in [0.2, 0.25) is 0 Å². The van der Waals surface area contributed by atoms with E-state index in [1.54, 1.807) is 7.11 Å². The topological polar surface area (TPSA) is 114 Å². The third-order valence-corrected chi connectivity index (χ3v) is 6.61. The highest BCUT2D eigenvalue weighted by Crippen LogP contribution is 2.55. The van der Waals surface area contributed by atoms with Gasteiger partial charge < -0.3 is 29.7 Å². The number of nitrogens with one attached hydrogen (secondary N) is 1. The standard InChI is InChI=1S/C19H25NO3.C2H2O4/c1-21-16-5-15(6-17-18(16)23-11-22-17)10-20-19-7-12-2-13(8-19)4-14(3-12)9-19;3-1(4)2(5)6/h5-6,12-14,20H,2-4,7-11H2,1H3;(H,3,4)(H,5,6). The second kappa shape index (κ2) is 7.74. The highest BCUT2D eigenvalue weighted by Gasteiger charge is 2.50. The molecule has 4 fully saturated rings. The number of ether oxygens (including phenoxy) is 3. The Balaban J connectivity index is 0.000000302. The fourth-order valence-corrected chi connectivity index (χ4v) is 5.90. The number of methoxy groups -OCH3 is 1. The lowest BCUT2D eigenvalue weighted by molar-refractivity contribution is -0.159. The Morgan fingerprint density at radius 1 is 1.07 bits per heavy atom. The Morgan fingerprint density at radius 2 is 1.66 bits per heavy atom. The Morgan fingerprint density at radius 3 is 2.17 bits per heavy atom. The number of hydrogen-bond donors (Lipinski definition) is 3. The molecular weight excluding hydrogens is 378 g/mol. The van der Waals surface area contributed by atoms with E-state index in [1.165, 1.54) is 44.1 Å². The summed E-state index contributed by atoms with van der Waals surface area (Å²) < 4.78 is 16.5. The van der Waals surface area contributed by atoms with E-state index in [1.807, 2.05) is 0 Å². The van der Waals surface area contributed by atoms with Gasteiger partial charge in [0.05, 0.1) is 7.11 Å². The second-order valence-electron chi connectivity index (χ2n) is 8.69. The minimum absolute atomic E-state index is 0.289. The van der Waals surface area contributed by atoms with Gasteiger partial charge in [0, 0.05) is 12.1 Å². The van der Waals surface area contributed by atoms with Crippen LogP contribution in [0.25, 0.3) is 0 Å². The quantitative estimate of drug-likeness (QED) is 0.655. The average Bonchev–Trinajstić information content (AvgIpc) is 3.14. The lowest BCUT2D eigenvalue weighted by Gasteiger charge is -2.57. The van der Waals surface area contributed by atoms with Gasteiger partial charge in [0.1, 0.15) is 0 Å². The van der Waals surface area contributed by atoms with Gasteiger partial charge in [-0.25, -0.2) is 9.59 Å². The normalized spacial score (nSPS) is 30.4. The van der Waals surface area contributed by atoms with Crippen molar-refractivity contribution in [1.82, 2.24) is 5.32 Å². The second-order valence-corrected chi connectivity index (χ2v) is 8.69. The van der Waals surface area contributed by atoms with Crippen LogP contribution >= 0.6 is 0 Å². The molecule has 8 heteroatoms. The van der Waals surface area contributed by atoms with E-state index in [0.717, 1.165) is 41.5 Å². The third-order valence-electron chi connectivity index (χ3n) is 6.61. The van der Waals surface area contributed by atoms with Gasteiger partial charge in [-0.2, -0.15) is 0 Å². The monoisotopic (exact) mass is 405 g/mol. The van der Waals surface area contributed by atoms with Gasteiger partial charge in [0.2, 0.25) is 12.5 Å². The Bertz CT molecular complexity index is 759. The molecule has 0 unspecified atom stereocenters. The smallest absolute Gasteiger partial charge is 0.414 e. The summed E-state index contributed by atoms with van der Waals surface area (Å²) in [5.74, 6) is 1.60. The molecule has 8 nitrogen and oxygen atoms in total. The largest absolute Gasteiger partial charge is 0.493 e. The number of carboxylic acids is 2. The molecule has 158 valence electrons. The summed E-state index contributed by atoms with van der Waals surface area (Å²) in [5.41, 5.74) is 1.61. The minimum atomic E-state index is -1.82. The van der Waals surface area contributed by atoms with Crippen molar-refractivity contribution in [2.45, 2.75) is 50.6 Å². The molecule has 6 rings (SSSR count). The molecular formula is C21H27NO7. The van der Waals surface area contributed by atoms with Gasteiger partial charge in [-0.15, -0.1) is 0 Å². The maximum atomic E-state index is 9.10. The lowest BCUT2D eigenvalue weighted by Crippen LogP contribution is -2.58. The first-order chi connectivity index (χ1) is 13.9. The van der Waals surface area contributed by atoms with Gasteiger partial charge in [0.25, 0.3) is 0 Å². The molecule has 0 spiro atoms. The Kier molecular flexibility index (Phi) is 5.29. The SMILES string of the molecule is COc1cc(CNC23CC4CC(CC(C4)C2)C3)cc2c1OCO2.O=C(O)C(=O)O. The highest BCUT2D eigenvalue weighted by molar-refractivity contribution is 6.27. The number of benzene rings is 1. The molecule has 1 heterocycles. The summed E-state index contributed by atoms with van der Waals surface area (Å²) >= 11 is 0. The number of carbonyl (C=O) groups is 2. The average molecular weight is 405 g/mol. The van der Waals surface area contributed by atoms with E-state index in [4.69, 9.17) is 34.0 Å². The predicted molar refractivity (Wildman–Crippen MR) is 102 cm³/mol. The number of carboxylic acid groups (broad SMARTS) is 2. The zero-order chi connectivity index (χ0) is 20.6.